The Morgan fingerprint density at radius 1 is 1.00 bits per heavy atom. The highest BCUT2D eigenvalue weighted by Crippen LogP contribution is 2.41. The van der Waals surface area contributed by atoms with E-state index in [4.69, 9.17) is 14.5 Å². The van der Waals surface area contributed by atoms with E-state index in [2.05, 4.69) is 9.80 Å². The lowest BCUT2D eigenvalue weighted by atomic mass is 9.97. The zero-order chi connectivity index (χ0) is 29.5. The van der Waals surface area contributed by atoms with Crippen LogP contribution in [-0.2, 0) is 28.4 Å². The third kappa shape index (κ3) is 6.05. The van der Waals surface area contributed by atoms with Crippen LogP contribution in [0.15, 0.2) is 30.5 Å². The van der Waals surface area contributed by atoms with Gasteiger partial charge in [-0.15, -0.1) is 0 Å². The molecule has 1 aromatic carbocycles. The number of pyridine rings is 1. The molecule has 1 aromatic heterocycles. The number of hydrogen-bond donors (Lipinski definition) is 0. The van der Waals surface area contributed by atoms with Crippen molar-refractivity contribution in [2.24, 2.45) is 0 Å². The highest BCUT2D eigenvalue weighted by Gasteiger charge is 2.43. The molecule has 3 saturated heterocycles. The molecule has 224 valence electrons. The summed E-state index contributed by atoms with van der Waals surface area (Å²) in [5, 5.41) is 0. The molecular weight excluding hydrogens is 554 g/mol. The van der Waals surface area contributed by atoms with E-state index in [0.717, 1.165) is 43.6 Å². The van der Waals surface area contributed by atoms with Crippen molar-refractivity contribution in [2.75, 3.05) is 42.6 Å². The maximum absolute atomic E-state index is 13.5. The van der Waals surface area contributed by atoms with Crippen molar-refractivity contribution < 1.29 is 40.6 Å². The maximum atomic E-state index is 13.5. The number of amides is 1. The van der Waals surface area contributed by atoms with Gasteiger partial charge in [0.15, 0.2) is 0 Å². The molecule has 3 aliphatic rings. The lowest BCUT2D eigenvalue weighted by Gasteiger charge is -2.37. The first kappa shape index (κ1) is 29.3. The topological polar surface area (TPSA) is 58.1 Å². The van der Waals surface area contributed by atoms with E-state index in [0.29, 0.717) is 37.7 Å². The third-order valence-electron chi connectivity index (χ3n) is 8.07. The molecule has 2 aromatic rings. The molecule has 0 saturated carbocycles. The van der Waals surface area contributed by atoms with Gasteiger partial charge in [-0.05, 0) is 62.9 Å². The first-order valence-electron chi connectivity index (χ1n) is 13.7. The van der Waals surface area contributed by atoms with Gasteiger partial charge in [-0.2, -0.15) is 26.3 Å². The van der Waals surface area contributed by atoms with E-state index in [1.165, 1.54) is 4.90 Å². The summed E-state index contributed by atoms with van der Waals surface area (Å²) in [5.41, 5.74) is -1.64. The van der Waals surface area contributed by atoms with Gasteiger partial charge in [0.05, 0.1) is 35.6 Å². The number of aromatic nitrogens is 1. The molecule has 5 rings (SSSR count). The number of halogens is 6. The van der Waals surface area contributed by atoms with Crippen molar-refractivity contribution in [1.29, 1.82) is 0 Å². The lowest BCUT2D eigenvalue weighted by Crippen LogP contribution is -2.41. The van der Waals surface area contributed by atoms with Crippen LogP contribution in [0, 0.1) is 0 Å². The Labute approximate surface area is 234 Å². The van der Waals surface area contributed by atoms with Crippen LogP contribution in [0.3, 0.4) is 0 Å². The molecule has 41 heavy (non-hydrogen) atoms. The maximum Gasteiger partial charge on any atom is 0.416 e. The Morgan fingerprint density at radius 2 is 1.63 bits per heavy atom. The molecule has 0 N–H and O–H groups in total. The zero-order valence-electron chi connectivity index (χ0n) is 22.8. The van der Waals surface area contributed by atoms with Gasteiger partial charge in [-0.3, -0.25) is 4.90 Å². The largest absolute Gasteiger partial charge is 0.439 e. The Kier molecular flexibility index (Phi) is 8.01. The number of carbonyl (C=O) groups excluding carboxylic acids is 1. The molecule has 0 spiro atoms. The second-order valence-corrected chi connectivity index (χ2v) is 10.7. The van der Waals surface area contributed by atoms with Crippen molar-refractivity contribution in [1.82, 2.24) is 9.88 Å². The minimum atomic E-state index is -5.01. The Hall–Kier alpha value is -3.22. The summed E-state index contributed by atoms with van der Waals surface area (Å²) in [6.45, 7) is 7.25. The molecule has 4 heterocycles. The molecule has 0 aliphatic carbocycles. The predicted molar refractivity (Wildman–Crippen MR) is 139 cm³/mol. The van der Waals surface area contributed by atoms with E-state index >= 15 is 0 Å². The Morgan fingerprint density at radius 3 is 2.17 bits per heavy atom. The van der Waals surface area contributed by atoms with E-state index in [9.17, 15) is 31.1 Å². The van der Waals surface area contributed by atoms with Crippen LogP contribution in [0.25, 0.3) is 0 Å². The first-order chi connectivity index (χ1) is 19.4. The van der Waals surface area contributed by atoms with E-state index in [1.807, 2.05) is 13.0 Å². The smallest absolute Gasteiger partial charge is 0.416 e. The van der Waals surface area contributed by atoms with Crippen LogP contribution in [0.5, 0.6) is 0 Å². The first-order valence-corrected chi connectivity index (χ1v) is 13.7. The summed E-state index contributed by atoms with van der Waals surface area (Å²) >= 11 is 0. The summed E-state index contributed by atoms with van der Waals surface area (Å²) in [6.07, 6.45) is -7.68. The molecule has 0 unspecified atom stereocenters. The van der Waals surface area contributed by atoms with Crippen LogP contribution in [0.1, 0.15) is 61.5 Å². The predicted octanol–water partition coefficient (Wildman–Crippen LogP) is 6.42. The van der Waals surface area contributed by atoms with E-state index in [1.54, 1.807) is 13.1 Å². The fourth-order valence-corrected chi connectivity index (χ4v) is 5.68. The number of rotatable bonds is 7. The van der Waals surface area contributed by atoms with Crippen molar-refractivity contribution in [2.45, 2.75) is 70.2 Å². The molecule has 1 amide bonds. The normalized spacial score (nSPS) is 22.1. The van der Waals surface area contributed by atoms with Crippen molar-refractivity contribution in [3.05, 3.63) is 52.7 Å². The van der Waals surface area contributed by atoms with Crippen LogP contribution in [0.2, 0.25) is 0 Å². The minimum Gasteiger partial charge on any atom is -0.439 e. The van der Waals surface area contributed by atoms with Gasteiger partial charge in [0.2, 0.25) is 0 Å². The third-order valence-corrected chi connectivity index (χ3v) is 8.07. The quantitative estimate of drug-likeness (QED) is 0.350. The number of alkyl halides is 6. The fourth-order valence-electron chi connectivity index (χ4n) is 5.68. The molecule has 7 nitrogen and oxygen atoms in total. The number of anilines is 2. The molecule has 3 fully saturated rings. The summed E-state index contributed by atoms with van der Waals surface area (Å²) in [5.74, 6) is 0.686. The molecule has 0 radical (unpaired) electrons. The van der Waals surface area contributed by atoms with Crippen LogP contribution >= 0.6 is 0 Å². The van der Waals surface area contributed by atoms with Gasteiger partial charge in [-0.1, -0.05) is 0 Å². The van der Waals surface area contributed by atoms with Crippen molar-refractivity contribution in [3.8, 4) is 0 Å². The molecular formula is C28H32F6N4O3. The Balaban J connectivity index is 1.47. The lowest BCUT2D eigenvalue weighted by molar-refractivity contribution is -0.143. The molecule has 3 aliphatic heterocycles. The number of nitrogens with zero attached hydrogens (tertiary/aromatic N) is 4. The van der Waals surface area contributed by atoms with Gasteiger partial charge in [0, 0.05) is 44.5 Å². The fraction of sp³-hybridized carbons (Fsp3) is 0.571. The van der Waals surface area contributed by atoms with Crippen molar-refractivity contribution in [3.63, 3.8) is 0 Å². The van der Waals surface area contributed by atoms with Gasteiger partial charge in [0.1, 0.15) is 11.9 Å². The standard InChI is InChI=1S/C28H32F6N4O3/c1-3-37(22-5-9-40-10-6-22)25-19(13-23(15-35-25)36-7-4-8-36)16-38-17(2)24(41-26(38)39)18-11-20(27(29,30)31)14-21(12-18)28(32,33)34/h11-15,17,22,24H,3-10,16H2,1-2H3/t17-,24-/m0/s1. The second-order valence-electron chi connectivity index (χ2n) is 10.7. The number of benzene rings is 1. The van der Waals surface area contributed by atoms with Crippen LogP contribution in [-0.4, -0.2) is 60.9 Å². The van der Waals surface area contributed by atoms with Gasteiger partial charge >= 0.3 is 18.4 Å². The number of ether oxygens (including phenoxy) is 2. The van der Waals surface area contributed by atoms with Crippen LogP contribution in [0.4, 0.5) is 42.6 Å². The number of cyclic esters (lactones) is 1. The number of hydrogen-bond acceptors (Lipinski definition) is 6. The minimum absolute atomic E-state index is 0.0331. The van der Waals surface area contributed by atoms with Crippen molar-refractivity contribution >= 4 is 17.6 Å². The average Bonchev–Trinajstić information content (AvgIpc) is 3.17. The summed E-state index contributed by atoms with van der Waals surface area (Å²) < 4.78 is 91.9. The second kappa shape index (κ2) is 11.2. The summed E-state index contributed by atoms with van der Waals surface area (Å²) in [7, 11) is 0. The zero-order valence-corrected chi connectivity index (χ0v) is 22.8. The highest BCUT2D eigenvalue weighted by molar-refractivity contribution is 5.72. The SMILES string of the molecule is CCN(c1ncc(N2CCC2)cc1CN1C(=O)O[C@H](c2cc(C(F)(F)F)cc(C(F)(F)F)c2)[C@@H]1C)C1CCOCC1. The van der Waals surface area contributed by atoms with E-state index < -0.39 is 41.7 Å². The van der Waals surface area contributed by atoms with Gasteiger partial charge in [0.25, 0.3) is 0 Å². The van der Waals surface area contributed by atoms with Gasteiger partial charge in [-0.25, -0.2) is 9.78 Å². The molecule has 2 atom stereocenters. The monoisotopic (exact) mass is 586 g/mol. The average molecular weight is 587 g/mol. The van der Waals surface area contributed by atoms with Crippen LogP contribution < -0.4 is 9.80 Å². The highest BCUT2D eigenvalue weighted by atomic mass is 19.4. The Bertz CT molecular complexity index is 1230. The molecule has 13 heteroatoms. The number of carbonyl (C=O) groups is 1. The molecule has 0 bridgehead atoms. The van der Waals surface area contributed by atoms with Gasteiger partial charge < -0.3 is 19.3 Å². The summed E-state index contributed by atoms with van der Waals surface area (Å²) in [6, 6.07) is 2.60. The van der Waals surface area contributed by atoms with E-state index in [-0.39, 0.29) is 24.2 Å². The summed E-state index contributed by atoms with van der Waals surface area (Å²) in [4.78, 5) is 23.5.